The van der Waals surface area contributed by atoms with E-state index in [9.17, 15) is 0 Å². The van der Waals surface area contributed by atoms with E-state index >= 15 is 0 Å². The van der Waals surface area contributed by atoms with E-state index in [1.54, 1.807) is 0 Å². The molecule has 0 nitrogen and oxygen atoms in total. The highest BCUT2D eigenvalue weighted by atomic mass is 14.0. The molecule has 0 aromatic rings. The summed E-state index contributed by atoms with van der Waals surface area (Å²) in [6, 6.07) is 0. The molecule has 0 unspecified atom stereocenters. The lowest BCUT2D eigenvalue weighted by Gasteiger charge is -1.98. The van der Waals surface area contributed by atoms with Gasteiger partial charge in [-0.25, -0.2) is 0 Å². The zero-order valence-corrected chi connectivity index (χ0v) is 7.59. The van der Waals surface area contributed by atoms with Gasteiger partial charge in [0.1, 0.15) is 0 Å². The van der Waals surface area contributed by atoms with Gasteiger partial charge in [-0.15, -0.1) is 0 Å². The summed E-state index contributed by atoms with van der Waals surface area (Å²) in [5, 5.41) is 0. The highest BCUT2D eigenvalue weighted by molar-refractivity contribution is 5.39. The van der Waals surface area contributed by atoms with Crippen LogP contribution in [0.1, 0.15) is 20.8 Å². The van der Waals surface area contributed by atoms with Gasteiger partial charge in [0.15, 0.2) is 0 Å². The molecule has 0 amide bonds. The second kappa shape index (κ2) is 5.72. The van der Waals surface area contributed by atoms with Crippen molar-refractivity contribution in [1.82, 2.24) is 0 Å². The molecule has 0 saturated carbocycles. The molecule has 0 aliphatic rings. The van der Waals surface area contributed by atoms with E-state index in [0.29, 0.717) is 0 Å². The predicted molar refractivity (Wildman–Crippen MR) is 52.5 cm³/mol. The molecular formula is C11H16. The van der Waals surface area contributed by atoms with Gasteiger partial charge in [-0.1, -0.05) is 37.0 Å². The van der Waals surface area contributed by atoms with Gasteiger partial charge in [0.25, 0.3) is 0 Å². The molecular weight excluding hydrogens is 132 g/mol. The van der Waals surface area contributed by atoms with Crippen LogP contribution in [-0.4, -0.2) is 0 Å². The van der Waals surface area contributed by atoms with Crippen LogP contribution in [0.4, 0.5) is 0 Å². The standard InChI is InChI=1S/C11H16/c1-5-8-11(9-6-2)10(4)7-3/h5-9H,1H2,2-4H3. The van der Waals surface area contributed by atoms with Gasteiger partial charge < -0.3 is 0 Å². The van der Waals surface area contributed by atoms with Crippen molar-refractivity contribution < 1.29 is 0 Å². The molecule has 11 heavy (non-hydrogen) atoms. The van der Waals surface area contributed by atoms with Gasteiger partial charge in [-0.05, 0) is 31.9 Å². The first-order valence-corrected chi connectivity index (χ1v) is 3.85. The minimum absolute atomic E-state index is 1.23. The maximum Gasteiger partial charge on any atom is -0.0234 e. The summed E-state index contributed by atoms with van der Waals surface area (Å²) in [5.41, 5.74) is 2.51. The van der Waals surface area contributed by atoms with Crippen LogP contribution in [0.25, 0.3) is 0 Å². The van der Waals surface area contributed by atoms with Crippen molar-refractivity contribution in [3.8, 4) is 0 Å². The minimum atomic E-state index is 1.23. The lowest BCUT2D eigenvalue weighted by atomic mass is 10.1. The van der Waals surface area contributed by atoms with E-state index in [1.165, 1.54) is 11.1 Å². The third-order valence-corrected chi connectivity index (χ3v) is 1.53. The van der Waals surface area contributed by atoms with Crippen LogP contribution >= 0.6 is 0 Å². The van der Waals surface area contributed by atoms with E-state index < -0.39 is 0 Å². The zero-order chi connectivity index (χ0) is 8.69. The van der Waals surface area contributed by atoms with Crippen LogP contribution in [-0.2, 0) is 0 Å². The fourth-order valence-electron chi connectivity index (χ4n) is 0.792. The molecule has 0 heterocycles. The largest absolute Gasteiger partial charge is 0.0990 e. The summed E-state index contributed by atoms with van der Waals surface area (Å²) in [6.45, 7) is 9.81. The van der Waals surface area contributed by atoms with Crippen LogP contribution < -0.4 is 0 Å². The molecule has 0 aliphatic heterocycles. The summed E-state index contributed by atoms with van der Waals surface area (Å²) < 4.78 is 0. The van der Waals surface area contributed by atoms with Crippen molar-refractivity contribution in [2.45, 2.75) is 20.8 Å². The summed E-state index contributed by atoms with van der Waals surface area (Å²) in [5.74, 6) is 0. The first kappa shape index (κ1) is 9.96. The molecule has 0 spiro atoms. The summed E-state index contributed by atoms with van der Waals surface area (Å²) >= 11 is 0. The molecule has 0 N–H and O–H groups in total. The molecule has 0 aromatic carbocycles. The second-order valence-corrected chi connectivity index (χ2v) is 2.33. The highest BCUT2D eigenvalue weighted by Crippen LogP contribution is 2.10. The summed E-state index contributed by atoms with van der Waals surface area (Å²) in [7, 11) is 0. The monoisotopic (exact) mass is 148 g/mol. The maximum atomic E-state index is 3.66. The van der Waals surface area contributed by atoms with E-state index in [0.717, 1.165) is 0 Å². The highest BCUT2D eigenvalue weighted by Gasteiger charge is 1.90. The molecule has 0 rings (SSSR count). The van der Waals surface area contributed by atoms with Gasteiger partial charge >= 0.3 is 0 Å². The molecule has 0 radical (unpaired) electrons. The first-order chi connectivity index (χ1) is 5.26. The molecule has 0 fully saturated rings. The Morgan fingerprint density at radius 2 is 1.91 bits per heavy atom. The normalized spacial score (nSPS) is 14.1. The maximum absolute atomic E-state index is 3.66. The smallest absolute Gasteiger partial charge is 0.0234 e. The Hall–Kier alpha value is -1.04. The summed E-state index contributed by atoms with van der Waals surface area (Å²) in [4.78, 5) is 0. The Morgan fingerprint density at radius 1 is 1.27 bits per heavy atom. The Balaban J connectivity index is 4.61. The Morgan fingerprint density at radius 3 is 2.27 bits per heavy atom. The van der Waals surface area contributed by atoms with Gasteiger partial charge in [0.2, 0.25) is 0 Å². The van der Waals surface area contributed by atoms with Gasteiger partial charge in [0.05, 0.1) is 0 Å². The number of rotatable bonds is 3. The molecule has 0 saturated heterocycles. The van der Waals surface area contributed by atoms with Crippen LogP contribution in [0.15, 0.2) is 48.1 Å². The van der Waals surface area contributed by atoms with Crippen molar-refractivity contribution >= 4 is 0 Å². The second-order valence-electron chi connectivity index (χ2n) is 2.33. The van der Waals surface area contributed by atoms with E-state index in [2.05, 4.69) is 25.7 Å². The van der Waals surface area contributed by atoms with Gasteiger partial charge in [0, 0.05) is 0 Å². The lowest BCUT2D eigenvalue weighted by Crippen LogP contribution is -1.78. The van der Waals surface area contributed by atoms with Gasteiger partial charge in [-0.3, -0.25) is 0 Å². The predicted octanol–water partition coefficient (Wildman–Crippen LogP) is 3.64. The third kappa shape index (κ3) is 3.61. The fourth-order valence-corrected chi connectivity index (χ4v) is 0.792. The quantitative estimate of drug-likeness (QED) is 0.536. The van der Waals surface area contributed by atoms with Gasteiger partial charge in [-0.2, -0.15) is 0 Å². The molecule has 0 atom stereocenters. The van der Waals surface area contributed by atoms with Crippen molar-refractivity contribution in [2.24, 2.45) is 0 Å². The molecule has 0 heteroatoms. The van der Waals surface area contributed by atoms with Crippen LogP contribution in [0, 0.1) is 0 Å². The fraction of sp³-hybridized carbons (Fsp3) is 0.273. The SMILES string of the molecule is C=CC=C(C=CC)C(C)=CC. The molecule has 0 aliphatic carbocycles. The van der Waals surface area contributed by atoms with Crippen molar-refractivity contribution in [1.29, 1.82) is 0 Å². The minimum Gasteiger partial charge on any atom is -0.0990 e. The summed E-state index contributed by atoms with van der Waals surface area (Å²) in [6.07, 6.45) is 10.0. The molecule has 0 aromatic heterocycles. The van der Waals surface area contributed by atoms with Crippen molar-refractivity contribution in [3.05, 3.63) is 48.1 Å². The Labute approximate surface area is 69.6 Å². The van der Waals surface area contributed by atoms with Crippen molar-refractivity contribution in [3.63, 3.8) is 0 Å². The number of hydrogen-bond donors (Lipinski definition) is 0. The average molecular weight is 148 g/mol. The topological polar surface area (TPSA) is 0 Å². The van der Waals surface area contributed by atoms with E-state index in [-0.39, 0.29) is 0 Å². The average Bonchev–Trinajstić information content (AvgIpc) is 2.03. The molecule has 60 valence electrons. The number of hydrogen-bond acceptors (Lipinski definition) is 0. The zero-order valence-electron chi connectivity index (χ0n) is 7.59. The van der Waals surface area contributed by atoms with E-state index in [1.807, 2.05) is 32.1 Å². The number of allylic oxidation sites excluding steroid dienone is 7. The van der Waals surface area contributed by atoms with Crippen LogP contribution in [0.3, 0.4) is 0 Å². The third-order valence-electron chi connectivity index (χ3n) is 1.53. The first-order valence-electron chi connectivity index (χ1n) is 3.85. The van der Waals surface area contributed by atoms with E-state index in [4.69, 9.17) is 0 Å². The Kier molecular flexibility index (Phi) is 5.18. The van der Waals surface area contributed by atoms with Crippen molar-refractivity contribution in [2.75, 3.05) is 0 Å². The van der Waals surface area contributed by atoms with Crippen LogP contribution in [0.2, 0.25) is 0 Å². The van der Waals surface area contributed by atoms with Crippen LogP contribution in [0.5, 0.6) is 0 Å². The Bertz CT molecular complexity index is 202. The molecule has 0 bridgehead atoms. The lowest BCUT2D eigenvalue weighted by molar-refractivity contribution is 1.39.